The molecule has 1 aromatic heterocycles. The van der Waals surface area contributed by atoms with Crippen molar-refractivity contribution in [1.29, 1.82) is 0 Å². The van der Waals surface area contributed by atoms with Gasteiger partial charge in [-0.15, -0.1) is 0 Å². The lowest BCUT2D eigenvalue weighted by Crippen LogP contribution is -2.48. The Bertz CT molecular complexity index is 517. The van der Waals surface area contributed by atoms with Crippen LogP contribution in [0.15, 0.2) is 9.32 Å². The van der Waals surface area contributed by atoms with E-state index in [9.17, 15) is 9.59 Å². The largest absolute Gasteiger partial charge is 0.438 e. The molecule has 1 aliphatic heterocycles. The Labute approximate surface area is 137 Å². The summed E-state index contributed by atoms with van der Waals surface area (Å²) in [7, 11) is 0. The fourth-order valence-electron chi connectivity index (χ4n) is 3.02. The van der Waals surface area contributed by atoms with Crippen LogP contribution < -0.4 is 5.76 Å². The summed E-state index contributed by atoms with van der Waals surface area (Å²) in [6, 6.07) is 0. The summed E-state index contributed by atoms with van der Waals surface area (Å²) >= 11 is 0. The van der Waals surface area contributed by atoms with Gasteiger partial charge in [-0.2, -0.15) is 0 Å². The molecular weight excluding hydrogens is 294 g/mol. The second-order valence-corrected chi connectivity index (χ2v) is 6.55. The first kappa shape index (κ1) is 17.8. The lowest BCUT2D eigenvalue weighted by Gasteiger charge is -2.37. The zero-order valence-corrected chi connectivity index (χ0v) is 14.2. The Morgan fingerprint density at radius 3 is 2.30 bits per heavy atom. The molecule has 130 valence electrons. The number of unbranched alkanes of at least 4 members (excludes halogenated alkanes) is 8. The van der Waals surface area contributed by atoms with Gasteiger partial charge in [0.1, 0.15) is 0 Å². The van der Waals surface area contributed by atoms with Crippen molar-refractivity contribution in [3.8, 4) is 0 Å². The maximum Gasteiger partial charge on any atom is 0.438 e. The van der Waals surface area contributed by atoms with E-state index in [-0.39, 0.29) is 11.8 Å². The highest BCUT2D eigenvalue weighted by Crippen LogP contribution is 2.24. The minimum Gasteiger partial charge on any atom is -0.341 e. The van der Waals surface area contributed by atoms with E-state index in [0.717, 1.165) is 12.8 Å². The highest BCUT2D eigenvalue weighted by atomic mass is 16.5. The van der Waals surface area contributed by atoms with Gasteiger partial charge in [0.2, 0.25) is 5.91 Å². The van der Waals surface area contributed by atoms with Crippen LogP contribution in [-0.4, -0.2) is 34.0 Å². The predicted octanol–water partition coefficient (Wildman–Crippen LogP) is 3.21. The van der Waals surface area contributed by atoms with E-state index in [1.807, 2.05) is 4.90 Å². The first-order valence-electron chi connectivity index (χ1n) is 9.04. The van der Waals surface area contributed by atoms with Crippen LogP contribution in [0.1, 0.15) is 82.9 Å². The molecule has 1 fully saturated rings. The number of rotatable bonds is 11. The van der Waals surface area contributed by atoms with Gasteiger partial charge in [0, 0.05) is 19.5 Å². The molecular formula is C17H29N3O3. The number of carbonyl (C=O) groups is 1. The van der Waals surface area contributed by atoms with Crippen molar-refractivity contribution in [3.63, 3.8) is 0 Å². The molecule has 6 nitrogen and oxygen atoms in total. The Balaban J connectivity index is 1.46. The maximum absolute atomic E-state index is 12.0. The van der Waals surface area contributed by atoms with Crippen LogP contribution in [0.4, 0.5) is 0 Å². The van der Waals surface area contributed by atoms with Gasteiger partial charge in [-0.05, 0) is 6.42 Å². The van der Waals surface area contributed by atoms with E-state index < -0.39 is 5.76 Å². The number of nitrogens with zero attached hydrogens (tertiary/aromatic N) is 2. The molecule has 0 unspecified atom stereocenters. The third-order valence-corrected chi connectivity index (χ3v) is 4.57. The number of hydrogen-bond acceptors (Lipinski definition) is 4. The Morgan fingerprint density at radius 1 is 1.13 bits per heavy atom. The fourth-order valence-corrected chi connectivity index (χ4v) is 3.02. The zero-order valence-electron chi connectivity index (χ0n) is 14.2. The normalized spacial score (nSPS) is 14.9. The molecule has 2 heterocycles. The maximum atomic E-state index is 12.0. The number of amides is 1. The molecule has 1 saturated heterocycles. The lowest BCUT2D eigenvalue weighted by atomic mass is 9.98. The number of likely N-dealkylation sites (tertiary alicyclic amines) is 1. The van der Waals surface area contributed by atoms with E-state index >= 15 is 0 Å². The van der Waals surface area contributed by atoms with Crippen LogP contribution in [0.5, 0.6) is 0 Å². The number of carbonyl (C=O) groups excluding carboxylic acids is 1. The van der Waals surface area contributed by atoms with Gasteiger partial charge in [0.15, 0.2) is 5.82 Å². The Kier molecular flexibility index (Phi) is 7.36. The minimum absolute atomic E-state index is 0.119. The average Bonchev–Trinajstić information content (AvgIpc) is 2.90. The lowest BCUT2D eigenvalue weighted by molar-refractivity contribution is -0.135. The van der Waals surface area contributed by atoms with Gasteiger partial charge in [0.25, 0.3) is 0 Å². The third kappa shape index (κ3) is 5.84. The molecule has 0 spiro atoms. The van der Waals surface area contributed by atoms with Crippen molar-refractivity contribution >= 4 is 5.91 Å². The second-order valence-electron chi connectivity index (χ2n) is 6.55. The number of nitrogens with one attached hydrogen (secondary N) is 1. The first-order chi connectivity index (χ1) is 11.2. The number of aromatic nitrogens is 2. The molecule has 0 radical (unpaired) electrons. The van der Waals surface area contributed by atoms with Crippen molar-refractivity contribution < 1.29 is 9.32 Å². The summed E-state index contributed by atoms with van der Waals surface area (Å²) in [4.78, 5) is 27.3. The zero-order chi connectivity index (χ0) is 16.5. The molecule has 1 N–H and O–H groups in total. The summed E-state index contributed by atoms with van der Waals surface area (Å²) in [5, 5.41) is 3.67. The van der Waals surface area contributed by atoms with Crippen LogP contribution in [-0.2, 0) is 4.79 Å². The van der Waals surface area contributed by atoms with E-state index in [1.54, 1.807) is 0 Å². The van der Waals surface area contributed by atoms with Crippen LogP contribution in [0.3, 0.4) is 0 Å². The number of aromatic amines is 1. The highest BCUT2D eigenvalue weighted by Gasteiger charge is 2.33. The van der Waals surface area contributed by atoms with Crippen molar-refractivity contribution in [1.82, 2.24) is 15.0 Å². The van der Waals surface area contributed by atoms with Gasteiger partial charge in [-0.25, -0.2) is 4.79 Å². The summed E-state index contributed by atoms with van der Waals surface area (Å²) in [6.45, 7) is 3.51. The summed E-state index contributed by atoms with van der Waals surface area (Å²) < 4.78 is 4.49. The van der Waals surface area contributed by atoms with Crippen LogP contribution in [0.25, 0.3) is 0 Å². The topological polar surface area (TPSA) is 79.2 Å². The van der Waals surface area contributed by atoms with Crippen LogP contribution in [0, 0.1) is 0 Å². The quantitative estimate of drug-likeness (QED) is 0.634. The third-order valence-electron chi connectivity index (χ3n) is 4.57. The summed E-state index contributed by atoms with van der Waals surface area (Å²) in [5.74, 6) is 0.366. The average molecular weight is 323 g/mol. The fraction of sp³-hybridized carbons (Fsp3) is 0.824. The molecule has 1 amide bonds. The molecule has 0 bridgehead atoms. The molecule has 1 aliphatic rings. The van der Waals surface area contributed by atoms with E-state index in [1.165, 1.54) is 44.9 Å². The smallest absolute Gasteiger partial charge is 0.341 e. The van der Waals surface area contributed by atoms with Crippen LogP contribution >= 0.6 is 0 Å². The van der Waals surface area contributed by atoms with Crippen LogP contribution in [0.2, 0.25) is 0 Å². The highest BCUT2D eigenvalue weighted by molar-refractivity contribution is 5.77. The van der Waals surface area contributed by atoms with Crippen molar-refractivity contribution in [2.24, 2.45) is 0 Å². The van der Waals surface area contributed by atoms with Gasteiger partial charge in [0.05, 0.1) is 5.92 Å². The SMILES string of the molecule is CCCCCCCCCCCC(=O)N1CC(c2noc(=O)[nH]2)C1. The van der Waals surface area contributed by atoms with E-state index in [0.29, 0.717) is 25.3 Å². The molecule has 0 aliphatic carbocycles. The van der Waals surface area contributed by atoms with Crippen molar-refractivity contribution in [3.05, 3.63) is 16.4 Å². The van der Waals surface area contributed by atoms with Crippen molar-refractivity contribution in [2.75, 3.05) is 13.1 Å². The van der Waals surface area contributed by atoms with Gasteiger partial charge >= 0.3 is 5.76 Å². The predicted molar refractivity (Wildman–Crippen MR) is 88.3 cm³/mol. The molecule has 0 atom stereocenters. The standard InChI is InChI=1S/C17H29N3O3/c1-2-3-4-5-6-7-8-9-10-11-15(21)20-12-14(13-20)16-18-17(22)23-19-16/h14H,2-13H2,1H3,(H,18,19,22). The molecule has 23 heavy (non-hydrogen) atoms. The van der Waals surface area contributed by atoms with E-state index in [2.05, 4.69) is 21.6 Å². The molecule has 2 rings (SSSR count). The monoisotopic (exact) mass is 323 g/mol. The minimum atomic E-state index is -0.528. The molecule has 1 aromatic rings. The summed E-state index contributed by atoms with van der Waals surface area (Å²) in [6.07, 6.45) is 12.0. The Morgan fingerprint density at radius 2 is 1.74 bits per heavy atom. The first-order valence-corrected chi connectivity index (χ1v) is 9.04. The number of H-pyrrole nitrogens is 1. The Hall–Kier alpha value is -1.59. The van der Waals surface area contributed by atoms with Crippen molar-refractivity contribution in [2.45, 2.75) is 77.0 Å². The van der Waals surface area contributed by atoms with Gasteiger partial charge in [-0.1, -0.05) is 63.4 Å². The van der Waals surface area contributed by atoms with Gasteiger partial charge < -0.3 is 4.90 Å². The molecule has 0 aromatic carbocycles. The van der Waals surface area contributed by atoms with Gasteiger partial charge in [-0.3, -0.25) is 14.3 Å². The molecule has 0 saturated carbocycles. The molecule has 6 heteroatoms. The van der Waals surface area contributed by atoms with E-state index in [4.69, 9.17) is 0 Å². The second kappa shape index (κ2) is 9.53. The number of hydrogen-bond donors (Lipinski definition) is 1. The summed E-state index contributed by atoms with van der Waals surface area (Å²) in [5.41, 5.74) is 0.